The van der Waals surface area contributed by atoms with Crippen molar-refractivity contribution in [2.24, 2.45) is 0 Å². The Labute approximate surface area is 157 Å². The fourth-order valence-corrected chi connectivity index (χ4v) is 3.61. The number of rotatable bonds is 2. The summed E-state index contributed by atoms with van der Waals surface area (Å²) >= 11 is 5.76. The largest absolute Gasteiger partial charge is 0.368 e. The summed E-state index contributed by atoms with van der Waals surface area (Å²) in [6.45, 7) is 12.9. The van der Waals surface area contributed by atoms with Crippen molar-refractivity contribution in [3.05, 3.63) is 65.2 Å². The van der Waals surface area contributed by atoms with Crippen molar-refractivity contribution in [3.8, 4) is 0 Å². The fraction of sp³-hybridized carbons (Fsp3) is 0.409. The van der Waals surface area contributed by atoms with Crippen LogP contribution in [0, 0.1) is 6.92 Å². The number of hydrogen-bond acceptors (Lipinski definition) is 2. The summed E-state index contributed by atoms with van der Waals surface area (Å²) in [5, 5.41) is 0. The zero-order valence-electron chi connectivity index (χ0n) is 15.7. The monoisotopic (exact) mass is 352 g/mol. The zero-order chi connectivity index (χ0) is 18.0. The normalized spacial score (nSPS) is 15.4. The molecule has 132 valence electrons. The molecule has 0 bridgehead atoms. The van der Waals surface area contributed by atoms with E-state index in [9.17, 15) is 0 Å². The highest BCUT2D eigenvalue weighted by molar-refractivity contribution is 7.80. The Morgan fingerprint density at radius 3 is 2.12 bits per heavy atom. The Kier molecular flexibility index (Phi) is 5.14. The third kappa shape index (κ3) is 4.21. The van der Waals surface area contributed by atoms with Gasteiger partial charge in [-0.15, -0.1) is 0 Å². The van der Waals surface area contributed by atoms with E-state index < -0.39 is 0 Å². The number of hydrogen-bond donors (Lipinski definition) is 0. The van der Waals surface area contributed by atoms with Crippen molar-refractivity contribution in [2.75, 3.05) is 31.1 Å². The van der Waals surface area contributed by atoms with Gasteiger partial charge in [0.15, 0.2) is 0 Å². The lowest BCUT2D eigenvalue weighted by Crippen LogP contribution is -2.48. The van der Waals surface area contributed by atoms with Crippen molar-refractivity contribution < 1.29 is 0 Å². The van der Waals surface area contributed by atoms with Crippen LogP contribution < -0.4 is 4.90 Å². The zero-order valence-corrected chi connectivity index (χ0v) is 16.6. The van der Waals surface area contributed by atoms with Crippen LogP contribution in [0.4, 0.5) is 5.69 Å². The van der Waals surface area contributed by atoms with Gasteiger partial charge >= 0.3 is 0 Å². The molecular weight excluding hydrogens is 324 g/mol. The van der Waals surface area contributed by atoms with Gasteiger partial charge in [0, 0.05) is 37.4 Å². The highest BCUT2D eigenvalue weighted by Gasteiger charge is 2.20. The molecule has 1 fully saturated rings. The summed E-state index contributed by atoms with van der Waals surface area (Å²) in [4.78, 5) is 5.77. The van der Waals surface area contributed by atoms with E-state index in [1.54, 1.807) is 0 Å². The molecule has 2 nitrogen and oxygen atoms in total. The molecule has 1 aliphatic heterocycles. The molecule has 0 amide bonds. The van der Waals surface area contributed by atoms with Crippen LogP contribution in [0.5, 0.6) is 0 Å². The van der Waals surface area contributed by atoms with Crippen molar-refractivity contribution in [2.45, 2.75) is 33.1 Å². The van der Waals surface area contributed by atoms with Crippen molar-refractivity contribution in [1.29, 1.82) is 0 Å². The van der Waals surface area contributed by atoms with Crippen LogP contribution in [0.3, 0.4) is 0 Å². The minimum absolute atomic E-state index is 0.180. The maximum absolute atomic E-state index is 5.76. The van der Waals surface area contributed by atoms with E-state index >= 15 is 0 Å². The molecular formula is C22H28N2S. The van der Waals surface area contributed by atoms with Crippen LogP contribution in [0.2, 0.25) is 0 Å². The molecule has 0 N–H and O–H groups in total. The van der Waals surface area contributed by atoms with E-state index in [1.807, 2.05) is 0 Å². The Morgan fingerprint density at radius 1 is 0.920 bits per heavy atom. The summed E-state index contributed by atoms with van der Waals surface area (Å²) in [5.74, 6) is 0. The van der Waals surface area contributed by atoms with Crippen molar-refractivity contribution in [1.82, 2.24) is 4.90 Å². The first-order valence-electron chi connectivity index (χ1n) is 9.06. The first-order valence-corrected chi connectivity index (χ1v) is 9.47. The molecule has 1 heterocycles. The second-order valence-corrected chi connectivity index (χ2v) is 8.33. The molecule has 0 saturated carbocycles. The van der Waals surface area contributed by atoms with Gasteiger partial charge < -0.3 is 9.80 Å². The van der Waals surface area contributed by atoms with E-state index in [1.165, 1.54) is 16.8 Å². The Balaban J connectivity index is 1.63. The quantitative estimate of drug-likeness (QED) is 0.718. The summed E-state index contributed by atoms with van der Waals surface area (Å²) < 4.78 is 0. The first kappa shape index (κ1) is 17.9. The van der Waals surface area contributed by atoms with Gasteiger partial charge in [0.1, 0.15) is 4.99 Å². The van der Waals surface area contributed by atoms with E-state index in [0.29, 0.717) is 0 Å². The number of nitrogens with zero attached hydrogens (tertiary/aromatic N) is 2. The second kappa shape index (κ2) is 7.17. The molecule has 0 radical (unpaired) electrons. The van der Waals surface area contributed by atoms with Crippen LogP contribution in [0.15, 0.2) is 48.5 Å². The van der Waals surface area contributed by atoms with Gasteiger partial charge in [0.05, 0.1) is 0 Å². The molecule has 1 aliphatic rings. The number of piperazine rings is 1. The Hall–Kier alpha value is -1.87. The lowest BCUT2D eigenvalue weighted by Gasteiger charge is -2.37. The third-order valence-electron chi connectivity index (χ3n) is 4.93. The number of anilines is 1. The third-order valence-corrected chi connectivity index (χ3v) is 5.43. The van der Waals surface area contributed by atoms with Gasteiger partial charge in [-0.05, 0) is 35.6 Å². The van der Waals surface area contributed by atoms with Crippen molar-refractivity contribution in [3.63, 3.8) is 0 Å². The predicted molar refractivity (Wildman–Crippen MR) is 112 cm³/mol. The molecule has 2 aromatic rings. The van der Waals surface area contributed by atoms with Crippen LogP contribution in [0.25, 0.3) is 0 Å². The summed E-state index contributed by atoms with van der Waals surface area (Å²) in [5.41, 5.74) is 5.32. The molecule has 3 rings (SSSR count). The number of benzene rings is 2. The minimum Gasteiger partial charge on any atom is -0.368 e. The van der Waals surface area contributed by atoms with E-state index in [-0.39, 0.29) is 5.41 Å². The van der Waals surface area contributed by atoms with E-state index in [4.69, 9.17) is 12.2 Å². The van der Waals surface area contributed by atoms with Crippen LogP contribution >= 0.6 is 12.2 Å². The van der Waals surface area contributed by atoms with Gasteiger partial charge in [0.2, 0.25) is 0 Å². The maximum Gasteiger partial charge on any atom is 0.109 e. The molecule has 0 unspecified atom stereocenters. The highest BCUT2D eigenvalue weighted by atomic mass is 32.1. The smallest absolute Gasteiger partial charge is 0.109 e. The average Bonchev–Trinajstić information content (AvgIpc) is 2.61. The minimum atomic E-state index is 0.180. The summed E-state index contributed by atoms with van der Waals surface area (Å²) in [7, 11) is 0. The maximum atomic E-state index is 5.76. The predicted octanol–water partition coefficient (Wildman–Crippen LogP) is 4.79. The summed E-state index contributed by atoms with van der Waals surface area (Å²) in [6.07, 6.45) is 0. The molecule has 3 heteroatoms. The topological polar surface area (TPSA) is 6.48 Å². The first-order chi connectivity index (χ1) is 11.8. The van der Waals surface area contributed by atoms with Crippen LogP contribution in [-0.2, 0) is 5.41 Å². The van der Waals surface area contributed by atoms with Gasteiger partial charge in [-0.2, -0.15) is 0 Å². The Bertz CT molecular complexity index is 735. The molecule has 1 saturated heterocycles. The summed E-state index contributed by atoms with van der Waals surface area (Å²) in [6, 6.07) is 17.5. The van der Waals surface area contributed by atoms with Crippen LogP contribution in [-0.4, -0.2) is 36.1 Å². The second-order valence-electron chi connectivity index (χ2n) is 7.95. The van der Waals surface area contributed by atoms with E-state index in [0.717, 1.165) is 36.7 Å². The SMILES string of the molecule is Cc1cccc(N2CCN(C(=S)c3ccc(C(C)(C)C)cc3)CC2)c1. The molecule has 2 aromatic carbocycles. The lowest BCUT2D eigenvalue weighted by molar-refractivity contribution is 0.392. The molecule has 0 aliphatic carbocycles. The molecule has 0 aromatic heterocycles. The standard InChI is InChI=1S/C22H28N2S/c1-17-6-5-7-20(16-17)23-12-14-24(15-13-23)21(25)18-8-10-19(11-9-18)22(2,3)4/h5-11,16H,12-15H2,1-4H3. The molecule has 25 heavy (non-hydrogen) atoms. The highest BCUT2D eigenvalue weighted by Crippen LogP contribution is 2.23. The fourth-order valence-electron chi connectivity index (χ4n) is 3.29. The lowest BCUT2D eigenvalue weighted by atomic mass is 9.87. The number of thiocarbonyl (C=S) groups is 1. The van der Waals surface area contributed by atoms with Gasteiger partial charge in [-0.25, -0.2) is 0 Å². The molecule has 0 atom stereocenters. The van der Waals surface area contributed by atoms with Gasteiger partial charge in [-0.1, -0.05) is 69.4 Å². The van der Waals surface area contributed by atoms with Gasteiger partial charge in [0.25, 0.3) is 0 Å². The van der Waals surface area contributed by atoms with Crippen molar-refractivity contribution >= 4 is 22.9 Å². The Morgan fingerprint density at radius 2 is 1.56 bits per heavy atom. The van der Waals surface area contributed by atoms with Gasteiger partial charge in [-0.3, -0.25) is 0 Å². The molecule has 0 spiro atoms. The number of aryl methyl sites for hydroxylation is 1. The van der Waals surface area contributed by atoms with Crippen LogP contribution in [0.1, 0.15) is 37.5 Å². The average molecular weight is 353 g/mol. The van der Waals surface area contributed by atoms with E-state index in [2.05, 4.69) is 86.0 Å².